The summed E-state index contributed by atoms with van der Waals surface area (Å²) in [5.74, 6) is 1.63. The lowest BCUT2D eigenvalue weighted by atomic mass is 9.63. The van der Waals surface area contributed by atoms with Crippen molar-refractivity contribution in [3.8, 4) is 0 Å². The SMILES string of the molecule is NC(=O)C1=C2CCCCC2CC2CC3CC=CC=C3C=C12. The maximum Gasteiger partial charge on any atom is 0.248 e. The maximum absolute atomic E-state index is 12.1. The van der Waals surface area contributed by atoms with Gasteiger partial charge in [0.1, 0.15) is 0 Å². The fourth-order valence-corrected chi connectivity index (χ4v) is 4.86. The van der Waals surface area contributed by atoms with Gasteiger partial charge >= 0.3 is 0 Å². The number of amides is 1. The van der Waals surface area contributed by atoms with Crippen LogP contribution in [0.15, 0.2) is 46.6 Å². The van der Waals surface area contributed by atoms with Crippen molar-refractivity contribution in [3.05, 3.63) is 46.6 Å². The summed E-state index contributed by atoms with van der Waals surface area (Å²) in [6.45, 7) is 0. The molecule has 110 valence electrons. The van der Waals surface area contributed by atoms with Gasteiger partial charge in [0, 0.05) is 5.57 Å². The van der Waals surface area contributed by atoms with Gasteiger partial charge in [0.2, 0.25) is 5.91 Å². The number of carbonyl (C=O) groups excluding carboxylic acids is 1. The monoisotopic (exact) mass is 281 g/mol. The van der Waals surface area contributed by atoms with Crippen LogP contribution in [0.3, 0.4) is 0 Å². The number of hydrogen-bond acceptors (Lipinski definition) is 1. The summed E-state index contributed by atoms with van der Waals surface area (Å²) < 4.78 is 0. The van der Waals surface area contributed by atoms with E-state index in [-0.39, 0.29) is 5.91 Å². The molecule has 0 spiro atoms. The molecule has 1 fully saturated rings. The molecule has 4 aliphatic rings. The van der Waals surface area contributed by atoms with E-state index in [1.54, 1.807) is 0 Å². The topological polar surface area (TPSA) is 43.1 Å². The van der Waals surface area contributed by atoms with Crippen molar-refractivity contribution >= 4 is 5.91 Å². The predicted octanol–water partition coefficient (Wildman–Crippen LogP) is 3.81. The van der Waals surface area contributed by atoms with Gasteiger partial charge in [0.15, 0.2) is 0 Å². The highest BCUT2D eigenvalue weighted by molar-refractivity contribution is 5.98. The summed E-state index contributed by atoms with van der Waals surface area (Å²) >= 11 is 0. The van der Waals surface area contributed by atoms with Crippen LogP contribution in [0.2, 0.25) is 0 Å². The summed E-state index contributed by atoms with van der Waals surface area (Å²) in [6.07, 6.45) is 17.4. The summed E-state index contributed by atoms with van der Waals surface area (Å²) in [6, 6.07) is 0. The van der Waals surface area contributed by atoms with Crippen molar-refractivity contribution in [2.45, 2.75) is 44.9 Å². The van der Waals surface area contributed by atoms with Crippen molar-refractivity contribution in [1.82, 2.24) is 0 Å². The number of allylic oxidation sites excluding steroid dienone is 6. The molecule has 1 saturated carbocycles. The molecule has 21 heavy (non-hydrogen) atoms. The Labute approximate surface area is 126 Å². The lowest BCUT2D eigenvalue weighted by Crippen LogP contribution is -2.33. The molecule has 0 aliphatic heterocycles. The first-order valence-electron chi connectivity index (χ1n) is 8.35. The molecule has 3 unspecified atom stereocenters. The number of hydrogen-bond donors (Lipinski definition) is 1. The van der Waals surface area contributed by atoms with Crippen LogP contribution < -0.4 is 5.73 Å². The van der Waals surface area contributed by atoms with E-state index < -0.39 is 0 Å². The number of carbonyl (C=O) groups is 1. The van der Waals surface area contributed by atoms with Gasteiger partial charge in [-0.15, -0.1) is 0 Å². The smallest absolute Gasteiger partial charge is 0.248 e. The highest BCUT2D eigenvalue weighted by Crippen LogP contribution is 2.50. The van der Waals surface area contributed by atoms with E-state index in [0.717, 1.165) is 18.4 Å². The van der Waals surface area contributed by atoms with Crippen LogP contribution in [0.4, 0.5) is 0 Å². The normalized spacial score (nSPS) is 34.4. The molecule has 4 rings (SSSR count). The number of rotatable bonds is 1. The van der Waals surface area contributed by atoms with Gasteiger partial charge in [-0.2, -0.15) is 0 Å². The Bertz CT molecular complexity index is 605. The molecule has 0 radical (unpaired) electrons. The fraction of sp³-hybridized carbons (Fsp3) is 0.526. The van der Waals surface area contributed by atoms with Crippen LogP contribution >= 0.6 is 0 Å². The predicted molar refractivity (Wildman–Crippen MR) is 84.3 cm³/mol. The third-order valence-electron chi connectivity index (χ3n) is 5.81. The van der Waals surface area contributed by atoms with Crippen LogP contribution in [0.25, 0.3) is 0 Å². The molecule has 0 saturated heterocycles. The molecule has 0 aromatic rings. The molecular weight excluding hydrogens is 258 g/mol. The Morgan fingerprint density at radius 2 is 2.00 bits per heavy atom. The molecule has 2 N–H and O–H groups in total. The Balaban J connectivity index is 1.83. The largest absolute Gasteiger partial charge is 0.366 e. The molecular formula is C19H23NO. The zero-order chi connectivity index (χ0) is 14.4. The van der Waals surface area contributed by atoms with Gasteiger partial charge in [0.25, 0.3) is 0 Å². The van der Waals surface area contributed by atoms with Crippen LogP contribution in [0, 0.1) is 17.8 Å². The first-order chi connectivity index (χ1) is 10.2. The first kappa shape index (κ1) is 13.1. The molecule has 0 bridgehead atoms. The van der Waals surface area contributed by atoms with Crippen LogP contribution in [0.5, 0.6) is 0 Å². The Hall–Kier alpha value is -1.57. The van der Waals surface area contributed by atoms with E-state index in [2.05, 4.69) is 24.3 Å². The molecule has 0 aromatic heterocycles. The second kappa shape index (κ2) is 5.01. The van der Waals surface area contributed by atoms with E-state index in [1.807, 2.05) is 0 Å². The lowest BCUT2D eigenvalue weighted by molar-refractivity contribution is -0.114. The zero-order valence-electron chi connectivity index (χ0n) is 12.5. The van der Waals surface area contributed by atoms with Crippen molar-refractivity contribution in [1.29, 1.82) is 0 Å². The second-order valence-corrected chi connectivity index (χ2v) is 7.00. The zero-order valence-corrected chi connectivity index (χ0v) is 12.5. The van der Waals surface area contributed by atoms with Gasteiger partial charge in [-0.1, -0.05) is 36.3 Å². The minimum absolute atomic E-state index is 0.196. The molecule has 2 heteroatoms. The standard InChI is InChI=1S/C19H23NO/c20-19(21)18-16-8-4-3-7-14(16)10-15-9-12-5-1-2-6-13(12)11-17(15)18/h1-2,6,11-12,14-15H,3-5,7-10H2,(H2,20,21). The lowest BCUT2D eigenvalue weighted by Gasteiger charge is -2.42. The third-order valence-corrected chi connectivity index (χ3v) is 5.81. The summed E-state index contributed by atoms with van der Waals surface area (Å²) in [5, 5.41) is 0. The Kier molecular flexibility index (Phi) is 3.13. The number of fused-ring (bicyclic) bond motifs is 3. The Morgan fingerprint density at radius 1 is 1.14 bits per heavy atom. The molecule has 2 nitrogen and oxygen atoms in total. The first-order valence-corrected chi connectivity index (χ1v) is 8.35. The quantitative estimate of drug-likeness (QED) is 0.780. The molecule has 0 heterocycles. The Morgan fingerprint density at radius 3 is 2.86 bits per heavy atom. The van der Waals surface area contributed by atoms with E-state index in [1.165, 1.54) is 48.8 Å². The molecule has 3 atom stereocenters. The molecule has 0 aromatic carbocycles. The van der Waals surface area contributed by atoms with Gasteiger partial charge in [0.05, 0.1) is 0 Å². The molecule has 1 amide bonds. The van der Waals surface area contributed by atoms with Gasteiger partial charge in [-0.25, -0.2) is 0 Å². The second-order valence-electron chi connectivity index (χ2n) is 7.00. The molecule has 4 aliphatic carbocycles. The van der Waals surface area contributed by atoms with Crippen molar-refractivity contribution in [2.24, 2.45) is 23.5 Å². The number of nitrogens with two attached hydrogens (primary N) is 1. The highest BCUT2D eigenvalue weighted by atomic mass is 16.1. The third kappa shape index (κ3) is 2.12. The minimum atomic E-state index is -0.196. The van der Waals surface area contributed by atoms with Crippen molar-refractivity contribution in [3.63, 3.8) is 0 Å². The summed E-state index contributed by atoms with van der Waals surface area (Å²) in [5.41, 5.74) is 10.7. The van der Waals surface area contributed by atoms with Gasteiger partial charge in [-0.05, 0) is 67.4 Å². The van der Waals surface area contributed by atoms with Gasteiger partial charge in [-0.3, -0.25) is 4.79 Å². The highest BCUT2D eigenvalue weighted by Gasteiger charge is 2.39. The van der Waals surface area contributed by atoms with E-state index in [9.17, 15) is 4.79 Å². The van der Waals surface area contributed by atoms with E-state index >= 15 is 0 Å². The fourth-order valence-electron chi connectivity index (χ4n) is 4.86. The van der Waals surface area contributed by atoms with Crippen LogP contribution in [0.1, 0.15) is 44.9 Å². The van der Waals surface area contributed by atoms with Crippen LogP contribution in [-0.2, 0) is 4.79 Å². The van der Waals surface area contributed by atoms with Gasteiger partial charge < -0.3 is 5.73 Å². The van der Waals surface area contributed by atoms with Crippen molar-refractivity contribution in [2.75, 3.05) is 0 Å². The maximum atomic E-state index is 12.1. The minimum Gasteiger partial charge on any atom is -0.366 e. The average Bonchev–Trinajstić information content (AvgIpc) is 2.50. The van der Waals surface area contributed by atoms with Crippen LogP contribution in [-0.4, -0.2) is 5.91 Å². The van der Waals surface area contributed by atoms with E-state index in [4.69, 9.17) is 5.73 Å². The summed E-state index contributed by atoms with van der Waals surface area (Å²) in [7, 11) is 0. The van der Waals surface area contributed by atoms with Crippen molar-refractivity contribution < 1.29 is 4.79 Å². The summed E-state index contributed by atoms with van der Waals surface area (Å²) in [4.78, 5) is 12.1. The average molecular weight is 281 g/mol. The number of primary amides is 1. The van der Waals surface area contributed by atoms with E-state index in [0.29, 0.717) is 17.8 Å².